The Balaban J connectivity index is 2.38. The molecule has 1 unspecified atom stereocenters. The molecule has 96 valence electrons. The van der Waals surface area contributed by atoms with E-state index in [0.717, 1.165) is 25.1 Å². The first-order valence-corrected chi connectivity index (χ1v) is 6.62. The Bertz CT molecular complexity index is 502. The molecule has 1 aromatic heterocycles. The minimum atomic E-state index is 0.222. The molecular formula is C15H21N3. The zero-order chi connectivity index (χ0) is 13.0. The molecule has 0 aliphatic carbocycles. The number of aryl methyl sites for hydroxylation is 1. The van der Waals surface area contributed by atoms with E-state index in [9.17, 15) is 0 Å². The number of imidazole rings is 1. The zero-order valence-corrected chi connectivity index (χ0v) is 11.1. The van der Waals surface area contributed by atoms with Crippen molar-refractivity contribution in [3.05, 3.63) is 48.0 Å². The zero-order valence-electron chi connectivity index (χ0n) is 11.1. The SMILES string of the molecule is CCc1nccn1-c1ccccc1CC(N)CC. The van der Waals surface area contributed by atoms with E-state index in [2.05, 4.69) is 47.7 Å². The van der Waals surface area contributed by atoms with Crippen molar-refractivity contribution in [1.29, 1.82) is 0 Å². The van der Waals surface area contributed by atoms with Crippen molar-refractivity contribution in [3.8, 4) is 5.69 Å². The standard InChI is InChI=1S/C15H21N3/c1-3-13(16)11-12-7-5-6-8-14(12)18-10-9-17-15(18)4-2/h5-10,13H,3-4,11,16H2,1-2H3. The van der Waals surface area contributed by atoms with Gasteiger partial charge in [0.2, 0.25) is 0 Å². The third-order valence-electron chi connectivity index (χ3n) is 3.29. The van der Waals surface area contributed by atoms with E-state index in [1.807, 2.05) is 12.4 Å². The maximum Gasteiger partial charge on any atom is 0.112 e. The van der Waals surface area contributed by atoms with E-state index in [1.54, 1.807) is 0 Å². The number of hydrogen-bond donors (Lipinski definition) is 1. The lowest BCUT2D eigenvalue weighted by Gasteiger charge is -2.15. The highest BCUT2D eigenvalue weighted by Crippen LogP contribution is 2.18. The fourth-order valence-corrected chi connectivity index (χ4v) is 2.16. The maximum absolute atomic E-state index is 6.07. The van der Waals surface area contributed by atoms with E-state index < -0.39 is 0 Å². The maximum atomic E-state index is 6.07. The Labute approximate surface area is 109 Å². The summed E-state index contributed by atoms with van der Waals surface area (Å²) in [6.07, 6.45) is 6.72. The quantitative estimate of drug-likeness (QED) is 0.877. The molecule has 3 nitrogen and oxygen atoms in total. The Morgan fingerprint density at radius 2 is 2.06 bits per heavy atom. The van der Waals surface area contributed by atoms with Crippen LogP contribution in [0.15, 0.2) is 36.7 Å². The van der Waals surface area contributed by atoms with Crippen molar-refractivity contribution in [2.24, 2.45) is 5.73 Å². The molecule has 0 radical (unpaired) electrons. The van der Waals surface area contributed by atoms with E-state index in [0.29, 0.717) is 0 Å². The van der Waals surface area contributed by atoms with Gasteiger partial charge in [-0.2, -0.15) is 0 Å². The molecule has 0 aliphatic heterocycles. The highest BCUT2D eigenvalue weighted by Gasteiger charge is 2.10. The van der Waals surface area contributed by atoms with Crippen molar-refractivity contribution in [3.63, 3.8) is 0 Å². The Morgan fingerprint density at radius 1 is 1.28 bits per heavy atom. The van der Waals surface area contributed by atoms with Gasteiger partial charge in [-0.15, -0.1) is 0 Å². The minimum Gasteiger partial charge on any atom is -0.327 e. The third kappa shape index (κ3) is 2.62. The molecule has 2 rings (SSSR count). The van der Waals surface area contributed by atoms with Gasteiger partial charge < -0.3 is 10.3 Å². The summed E-state index contributed by atoms with van der Waals surface area (Å²) in [6, 6.07) is 8.65. The van der Waals surface area contributed by atoms with Crippen molar-refractivity contribution in [2.45, 2.75) is 39.2 Å². The molecule has 18 heavy (non-hydrogen) atoms. The normalized spacial score (nSPS) is 12.6. The van der Waals surface area contributed by atoms with Gasteiger partial charge in [0.15, 0.2) is 0 Å². The van der Waals surface area contributed by atoms with Crippen molar-refractivity contribution in [2.75, 3.05) is 0 Å². The molecule has 0 fully saturated rings. The van der Waals surface area contributed by atoms with Crippen molar-refractivity contribution < 1.29 is 0 Å². The smallest absolute Gasteiger partial charge is 0.112 e. The van der Waals surface area contributed by atoms with Gasteiger partial charge in [-0.3, -0.25) is 0 Å². The van der Waals surface area contributed by atoms with Gasteiger partial charge in [0, 0.05) is 30.5 Å². The van der Waals surface area contributed by atoms with Gasteiger partial charge in [0.05, 0.1) is 0 Å². The molecule has 0 saturated heterocycles. The molecule has 3 heteroatoms. The topological polar surface area (TPSA) is 43.8 Å². The fraction of sp³-hybridized carbons (Fsp3) is 0.400. The van der Waals surface area contributed by atoms with Crippen LogP contribution in [0.1, 0.15) is 31.7 Å². The Hall–Kier alpha value is -1.61. The van der Waals surface area contributed by atoms with Crippen molar-refractivity contribution >= 4 is 0 Å². The molecule has 0 amide bonds. The summed E-state index contributed by atoms with van der Waals surface area (Å²) in [5, 5.41) is 0. The largest absolute Gasteiger partial charge is 0.327 e. The lowest BCUT2D eigenvalue weighted by molar-refractivity contribution is 0.643. The monoisotopic (exact) mass is 243 g/mol. The molecule has 0 spiro atoms. The number of para-hydroxylation sites is 1. The summed E-state index contributed by atoms with van der Waals surface area (Å²) in [6.45, 7) is 4.25. The summed E-state index contributed by atoms with van der Waals surface area (Å²) in [7, 11) is 0. The average molecular weight is 243 g/mol. The summed E-state index contributed by atoms with van der Waals surface area (Å²) in [5.41, 5.74) is 8.57. The molecule has 1 atom stereocenters. The van der Waals surface area contributed by atoms with Gasteiger partial charge in [0.1, 0.15) is 5.82 Å². The predicted molar refractivity (Wildman–Crippen MR) is 74.9 cm³/mol. The van der Waals surface area contributed by atoms with Crippen LogP contribution >= 0.6 is 0 Å². The highest BCUT2D eigenvalue weighted by molar-refractivity contribution is 5.42. The van der Waals surface area contributed by atoms with Crippen LogP contribution in [0.3, 0.4) is 0 Å². The second-order valence-electron chi connectivity index (χ2n) is 4.57. The number of nitrogens with two attached hydrogens (primary N) is 1. The van der Waals surface area contributed by atoms with Crippen LogP contribution in [0.2, 0.25) is 0 Å². The molecule has 1 aromatic carbocycles. The van der Waals surface area contributed by atoms with Gasteiger partial charge in [-0.1, -0.05) is 32.0 Å². The average Bonchev–Trinajstić information content (AvgIpc) is 2.87. The molecular weight excluding hydrogens is 222 g/mol. The second-order valence-corrected chi connectivity index (χ2v) is 4.57. The lowest BCUT2D eigenvalue weighted by Crippen LogP contribution is -2.22. The molecule has 0 saturated carbocycles. The predicted octanol–water partition coefficient (Wildman–Crippen LogP) is 2.71. The Kier molecular flexibility index (Phi) is 4.15. The van der Waals surface area contributed by atoms with E-state index in [-0.39, 0.29) is 6.04 Å². The fourth-order valence-electron chi connectivity index (χ4n) is 2.16. The van der Waals surface area contributed by atoms with Crippen LogP contribution in [0, 0.1) is 0 Å². The van der Waals surface area contributed by atoms with Gasteiger partial charge in [-0.25, -0.2) is 4.98 Å². The van der Waals surface area contributed by atoms with E-state index >= 15 is 0 Å². The number of benzene rings is 1. The summed E-state index contributed by atoms with van der Waals surface area (Å²) < 4.78 is 2.16. The van der Waals surface area contributed by atoms with Crippen LogP contribution < -0.4 is 5.73 Å². The highest BCUT2D eigenvalue weighted by atomic mass is 15.1. The molecule has 0 aliphatic rings. The van der Waals surface area contributed by atoms with Crippen LogP contribution in [0.25, 0.3) is 5.69 Å². The summed E-state index contributed by atoms with van der Waals surface area (Å²) >= 11 is 0. The molecule has 2 aromatic rings. The van der Waals surface area contributed by atoms with Crippen LogP contribution in [0.5, 0.6) is 0 Å². The van der Waals surface area contributed by atoms with Gasteiger partial charge >= 0.3 is 0 Å². The Morgan fingerprint density at radius 3 is 2.78 bits per heavy atom. The summed E-state index contributed by atoms with van der Waals surface area (Å²) in [4.78, 5) is 4.38. The lowest BCUT2D eigenvalue weighted by atomic mass is 10.0. The van der Waals surface area contributed by atoms with Crippen LogP contribution in [0.4, 0.5) is 0 Å². The van der Waals surface area contributed by atoms with Crippen LogP contribution in [-0.4, -0.2) is 15.6 Å². The van der Waals surface area contributed by atoms with Gasteiger partial charge in [-0.05, 0) is 24.5 Å². The first-order chi connectivity index (χ1) is 8.76. The number of aromatic nitrogens is 2. The first kappa shape index (κ1) is 12.8. The number of nitrogens with zero attached hydrogens (tertiary/aromatic N) is 2. The van der Waals surface area contributed by atoms with E-state index in [1.165, 1.54) is 11.3 Å². The van der Waals surface area contributed by atoms with Crippen LogP contribution in [-0.2, 0) is 12.8 Å². The molecule has 0 bridgehead atoms. The van der Waals surface area contributed by atoms with Gasteiger partial charge in [0.25, 0.3) is 0 Å². The second kappa shape index (κ2) is 5.83. The minimum absolute atomic E-state index is 0.222. The number of hydrogen-bond acceptors (Lipinski definition) is 2. The third-order valence-corrected chi connectivity index (χ3v) is 3.29. The number of rotatable bonds is 5. The molecule has 2 N–H and O–H groups in total. The first-order valence-electron chi connectivity index (χ1n) is 6.62. The van der Waals surface area contributed by atoms with Crippen molar-refractivity contribution in [1.82, 2.24) is 9.55 Å². The summed E-state index contributed by atoms with van der Waals surface area (Å²) in [5.74, 6) is 1.09. The van der Waals surface area contributed by atoms with E-state index in [4.69, 9.17) is 5.73 Å². The molecule has 1 heterocycles.